The number of nitrogens with zero attached hydrogens (tertiary/aromatic N) is 4. The Morgan fingerprint density at radius 1 is 1.25 bits per heavy atom. The third kappa shape index (κ3) is 1.96. The molecular weight excluding hydrogens is 272 g/mol. The lowest BCUT2D eigenvalue weighted by molar-refractivity contribution is 0.559. The second kappa shape index (κ2) is 4.56. The maximum atomic E-state index is 6.50. The van der Waals surface area contributed by atoms with Crippen molar-refractivity contribution in [3.63, 3.8) is 0 Å². The zero-order valence-corrected chi connectivity index (χ0v) is 11.6. The molecule has 0 N–H and O–H groups in total. The van der Waals surface area contributed by atoms with Gasteiger partial charge in [0, 0.05) is 30.1 Å². The number of aromatic nitrogens is 4. The average molecular weight is 285 g/mol. The predicted octanol–water partition coefficient (Wildman–Crippen LogP) is 3.56. The Balaban J connectivity index is 1.83. The maximum Gasteiger partial charge on any atom is 0.132 e. The van der Waals surface area contributed by atoms with Crippen molar-refractivity contribution < 1.29 is 0 Å². The van der Waals surface area contributed by atoms with Crippen LogP contribution in [0.3, 0.4) is 0 Å². The maximum absolute atomic E-state index is 6.50. The summed E-state index contributed by atoms with van der Waals surface area (Å²) in [6.07, 6.45) is 6.15. The highest BCUT2D eigenvalue weighted by Crippen LogP contribution is 2.35. The van der Waals surface area contributed by atoms with Gasteiger partial charge in [0.25, 0.3) is 0 Å². The largest absolute Gasteiger partial charge is 0.264 e. The van der Waals surface area contributed by atoms with Crippen LogP contribution in [0.2, 0.25) is 5.02 Å². The molecule has 2 heterocycles. The van der Waals surface area contributed by atoms with Crippen molar-refractivity contribution in [1.29, 1.82) is 0 Å². The van der Waals surface area contributed by atoms with Crippen molar-refractivity contribution in [3.8, 4) is 11.1 Å². The third-order valence-corrected chi connectivity index (χ3v) is 4.11. The summed E-state index contributed by atoms with van der Waals surface area (Å²) in [4.78, 5) is 4.14. The van der Waals surface area contributed by atoms with Crippen molar-refractivity contribution in [2.75, 3.05) is 0 Å². The van der Waals surface area contributed by atoms with E-state index in [9.17, 15) is 0 Å². The topological polar surface area (TPSA) is 43.6 Å². The highest BCUT2D eigenvalue weighted by atomic mass is 35.5. The number of benzene rings is 1. The van der Waals surface area contributed by atoms with E-state index in [0.29, 0.717) is 5.02 Å². The monoisotopic (exact) mass is 284 g/mol. The van der Waals surface area contributed by atoms with Crippen molar-refractivity contribution in [2.24, 2.45) is 5.92 Å². The van der Waals surface area contributed by atoms with Gasteiger partial charge in [-0.1, -0.05) is 28.9 Å². The molecule has 100 valence electrons. The molecule has 1 aliphatic rings. The lowest BCUT2D eigenvalue weighted by Gasteiger charge is -2.05. The summed E-state index contributed by atoms with van der Waals surface area (Å²) >= 11 is 6.50. The molecule has 0 saturated heterocycles. The van der Waals surface area contributed by atoms with Gasteiger partial charge in [0.1, 0.15) is 5.52 Å². The SMILES string of the molecule is Clc1c(-c2cccnc2)ccc2c1nnn2CC1CC1. The van der Waals surface area contributed by atoms with Crippen molar-refractivity contribution >= 4 is 22.6 Å². The van der Waals surface area contributed by atoms with Crippen LogP contribution >= 0.6 is 11.6 Å². The summed E-state index contributed by atoms with van der Waals surface area (Å²) in [6, 6.07) is 7.97. The molecule has 0 radical (unpaired) electrons. The molecule has 1 saturated carbocycles. The lowest BCUT2D eigenvalue weighted by atomic mass is 10.1. The second-order valence-electron chi connectivity index (χ2n) is 5.25. The molecule has 0 amide bonds. The smallest absolute Gasteiger partial charge is 0.132 e. The zero-order chi connectivity index (χ0) is 13.5. The Bertz CT molecular complexity index is 762. The highest BCUT2D eigenvalue weighted by molar-refractivity contribution is 6.37. The third-order valence-electron chi connectivity index (χ3n) is 3.73. The van der Waals surface area contributed by atoms with E-state index < -0.39 is 0 Å². The molecule has 4 rings (SSSR count). The van der Waals surface area contributed by atoms with Gasteiger partial charge in [-0.15, -0.1) is 5.10 Å². The van der Waals surface area contributed by atoms with Gasteiger partial charge in [0.05, 0.1) is 10.5 Å². The number of pyridine rings is 1. The average Bonchev–Trinajstić information content (AvgIpc) is 3.20. The van der Waals surface area contributed by atoms with Crippen molar-refractivity contribution in [1.82, 2.24) is 20.0 Å². The van der Waals surface area contributed by atoms with Gasteiger partial charge in [-0.2, -0.15) is 0 Å². The van der Waals surface area contributed by atoms with E-state index in [2.05, 4.69) is 15.3 Å². The van der Waals surface area contributed by atoms with Crippen LogP contribution in [0.15, 0.2) is 36.7 Å². The summed E-state index contributed by atoms with van der Waals surface area (Å²) in [5, 5.41) is 9.13. The molecule has 0 atom stereocenters. The second-order valence-corrected chi connectivity index (χ2v) is 5.63. The first-order valence-electron chi connectivity index (χ1n) is 6.75. The van der Waals surface area contributed by atoms with Gasteiger partial charge in [-0.25, -0.2) is 4.68 Å². The van der Waals surface area contributed by atoms with Gasteiger partial charge in [0.2, 0.25) is 0 Å². The van der Waals surface area contributed by atoms with Crippen LogP contribution in [0, 0.1) is 5.92 Å². The van der Waals surface area contributed by atoms with Gasteiger partial charge in [-0.3, -0.25) is 4.98 Å². The molecule has 5 heteroatoms. The molecule has 3 aromatic rings. The molecule has 4 nitrogen and oxygen atoms in total. The Morgan fingerprint density at radius 3 is 2.90 bits per heavy atom. The number of fused-ring (bicyclic) bond motifs is 1. The van der Waals surface area contributed by atoms with Gasteiger partial charge in [-0.05, 0) is 30.9 Å². The normalized spacial score (nSPS) is 14.8. The number of rotatable bonds is 3. The highest BCUT2D eigenvalue weighted by Gasteiger charge is 2.23. The molecular formula is C15H13ClN4. The van der Waals surface area contributed by atoms with E-state index in [1.54, 1.807) is 6.20 Å². The van der Waals surface area contributed by atoms with Gasteiger partial charge < -0.3 is 0 Å². The van der Waals surface area contributed by atoms with E-state index in [1.807, 2.05) is 35.1 Å². The number of halogens is 1. The Kier molecular flexibility index (Phi) is 2.70. The first-order valence-corrected chi connectivity index (χ1v) is 7.13. The molecule has 0 unspecified atom stereocenters. The molecule has 0 aliphatic heterocycles. The summed E-state index contributed by atoms with van der Waals surface area (Å²) in [6.45, 7) is 0.944. The fourth-order valence-electron chi connectivity index (χ4n) is 2.43. The Morgan fingerprint density at radius 2 is 2.15 bits per heavy atom. The number of hydrogen-bond donors (Lipinski definition) is 0. The van der Waals surface area contributed by atoms with Crippen LogP contribution in [0.5, 0.6) is 0 Å². The molecule has 0 bridgehead atoms. The minimum absolute atomic E-state index is 0.651. The van der Waals surface area contributed by atoms with Crippen molar-refractivity contribution in [3.05, 3.63) is 41.7 Å². The zero-order valence-electron chi connectivity index (χ0n) is 10.8. The predicted molar refractivity (Wildman–Crippen MR) is 78.5 cm³/mol. The van der Waals surface area contributed by atoms with E-state index in [1.165, 1.54) is 12.8 Å². The fourth-order valence-corrected chi connectivity index (χ4v) is 2.74. The molecule has 2 aromatic heterocycles. The van der Waals surface area contributed by atoms with Gasteiger partial charge in [0.15, 0.2) is 0 Å². The Hall–Kier alpha value is -1.94. The first kappa shape index (κ1) is 11.9. The Labute approximate surface area is 121 Å². The van der Waals surface area contributed by atoms with Crippen LogP contribution in [-0.2, 0) is 6.54 Å². The van der Waals surface area contributed by atoms with Crippen LogP contribution in [-0.4, -0.2) is 20.0 Å². The summed E-state index contributed by atoms with van der Waals surface area (Å²) in [5.74, 6) is 0.761. The quantitative estimate of drug-likeness (QED) is 0.739. The molecule has 1 aliphatic carbocycles. The minimum Gasteiger partial charge on any atom is -0.264 e. The van der Waals surface area contributed by atoms with E-state index in [-0.39, 0.29) is 0 Å². The summed E-state index contributed by atoms with van der Waals surface area (Å²) < 4.78 is 1.96. The van der Waals surface area contributed by atoms with E-state index in [0.717, 1.165) is 34.6 Å². The molecule has 20 heavy (non-hydrogen) atoms. The van der Waals surface area contributed by atoms with Crippen molar-refractivity contribution in [2.45, 2.75) is 19.4 Å². The minimum atomic E-state index is 0.651. The van der Waals surface area contributed by atoms with Crippen LogP contribution in [0.25, 0.3) is 22.2 Å². The lowest BCUT2D eigenvalue weighted by Crippen LogP contribution is -2.01. The summed E-state index contributed by atoms with van der Waals surface area (Å²) in [7, 11) is 0. The fraction of sp³-hybridized carbons (Fsp3) is 0.267. The summed E-state index contributed by atoms with van der Waals surface area (Å²) in [5.41, 5.74) is 3.73. The molecule has 1 fully saturated rings. The van der Waals surface area contributed by atoms with E-state index >= 15 is 0 Å². The standard InChI is InChI=1S/C15H13ClN4/c16-14-12(11-2-1-7-17-8-11)5-6-13-15(14)18-19-20(13)9-10-3-4-10/h1-2,5-8,10H,3-4,9H2. The van der Waals surface area contributed by atoms with E-state index in [4.69, 9.17) is 11.6 Å². The van der Waals surface area contributed by atoms with Crippen LogP contribution in [0.1, 0.15) is 12.8 Å². The van der Waals surface area contributed by atoms with Crippen LogP contribution in [0.4, 0.5) is 0 Å². The number of hydrogen-bond acceptors (Lipinski definition) is 3. The van der Waals surface area contributed by atoms with Crippen LogP contribution < -0.4 is 0 Å². The first-order chi connectivity index (χ1) is 9.83. The van der Waals surface area contributed by atoms with Gasteiger partial charge >= 0.3 is 0 Å². The molecule has 0 spiro atoms. The molecule has 1 aromatic carbocycles.